The molecule has 0 aliphatic carbocycles. The highest BCUT2D eigenvalue weighted by atomic mass is 15.1. The van der Waals surface area contributed by atoms with Gasteiger partial charge in [0.15, 0.2) is 0 Å². The maximum Gasteiger partial charge on any atom is 0.0992 e. The molecule has 0 aliphatic rings. The minimum Gasteiger partial charge on any atom is -0.309 e. The Labute approximate surface area is 326 Å². The summed E-state index contributed by atoms with van der Waals surface area (Å²) in [7, 11) is 0. The van der Waals surface area contributed by atoms with Crippen molar-refractivity contribution in [1.29, 1.82) is 15.8 Å². The maximum atomic E-state index is 10.5. The summed E-state index contributed by atoms with van der Waals surface area (Å²) in [5.41, 5.74) is 12.1. The molecule has 6 heteroatoms. The Balaban J connectivity index is 1.19. The average molecular weight is 725 g/mol. The summed E-state index contributed by atoms with van der Waals surface area (Å²) in [6.45, 7) is 0. The van der Waals surface area contributed by atoms with E-state index in [2.05, 4.69) is 147 Å². The molecule has 0 radical (unpaired) electrons. The highest BCUT2D eigenvalue weighted by molar-refractivity contribution is 6.15. The van der Waals surface area contributed by atoms with Gasteiger partial charge in [0.25, 0.3) is 0 Å². The first-order chi connectivity index (χ1) is 28.1. The van der Waals surface area contributed by atoms with Crippen LogP contribution < -0.4 is 0 Å². The van der Waals surface area contributed by atoms with Crippen molar-refractivity contribution in [3.05, 3.63) is 187 Å². The summed E-state index contributed by atoms with van der Waals surface area (Å²) in [6.07, 6.45) is 0. The molecule has 0 spiro atoms. The molecule has 0 atom stereocenters. The van der Waals surface area contributed by atoms with Gasteiger partial charge in [-0.25, -0.2) is 0 Å². The lowest BCUT2D eigenvalue weighted by molar-refractivity contribution is 1.13. The molecule has 0 bridgehead atoms. The van der Waals surface area contributed by atoms with Gasteiger partial charge in [0.1, 0.15) is 0 Å². The SMILES string of the molecule is N#Cc1cc(-c2cc(C#N)cc(-n3c4ccccc4c4cccc(-n5c6ccccc6c6ccccc65)c43)c2)cc(-n2c3ccccc3c3cc(C#N)ccc32)c1. The largest absolute Gasteiger partial charge is 0.309 e. The van der Waals surface area contributed by atoms with Crippen molar-refractivity contribution in [3.8, 4) is 46.4 Å². The van der Waals surface area contributed by atoms with Gasteiger partial charge in [-0.2, -0.15) is 15.8 Å². The molecule has 57 heavy (non-hydrogen) atoms. The second-order valence-corrected chi connectivity index (χ2v) is 14.4. The monoisotopic (exact) mass is 724 g/mol. The average Bonchev–Trinajstić information content (AvgIpc) is 3.91. The second-order valence-electron chi connectivity index (χ2n) is 14.4. The Kier molecular flexibility index (Phi) is 6.95. The molecule has 0 saturated carbocycles. The number of nitriles is 3. The van der Waals surface area contributed by atoms with Gasteiger partial charge in [-0.1, -0.05) is 84.9 Å². The van der Waals surface area contributed by atoms with E-state index in [0.29, 0.717) is 16.7 Å². The van der Waals surface area contributed by atoms with Gasteiger partial charge >= 0.3 is 0 Å². The molecular formula is C51H28N6. The molecule has 0 amide bonds. The van der Waals surface area contributed by atoms with Crippen molar-refractivity contribution in [1.82, 2.24) is 13.7 Å². The zero-order chi connectivity index (χ0) is 38.2. The van der Waals surface area contributed by atoms with Gasteiger partial charge in [-0.05, 0) is 96.1 Å². The summed E-state index contributed by atoms with van der Waals surface area (Å²) < 4.78 is 6.78. The number of hydrogen-bond acceptors (Lipinski definition) is 3. The minimum absolute atomic E-state index is 0.497. The zero-order valence-corrected chi connectivity index (χ0v) is 30.3. The first-order valence-electron chi connectivity index (χ1n) is 18.7. The summed E-state index contributed by atoms with van der Waals surface area (Å²) in [5.74, 6) is 0. The number of benzene rings is 8. The third-order valence-corrected chi connectivity index (χ3v) is 11.2. The molecule has 0 saturated heterocycles. The van der Waals surface area contributed by atoms with E-state index in [0.717, 1.165) is 82.8 Å². The van der Waals surface area contributed by atoms with Crippen LogP contribution in [0, 0.1) is 34.0 Å². The molecule has 262 valence electrons. The van der Waals surface area contributed by atoms with Gasteiger partial charge in [-0.3, -0.25) is 0 Å². The standard InChI is InChI=1S/C51H28N6/c52-29-32-20-21-49-44(26-32)42-13-4-5-15-45(42)55(49)37-24-33(30-53)22-35(27-37)36-23-34(31-54)25-38(28-36)56-46-16-6-3-12-41(46)43-14-9-19-50(51(43)56)57-47-17-7-1-10-39(47)40-11-2-8-18-48(40)57/h1-28H. The number of nitrogens with zero attached hydrogens (tertiary/aromatic N) is 6. The quantitative estimate of drug-likeness (QED) is 0.181. The summed E-state index contributed by atoms with van der Waals surface area (Å²) in [4.78, 5) is 0. The van der Waals surface area contributed by atoms with Crippen molar-refractivity contribution >= 4 is 65.4 Å². The van der Waals surface area contributed by atoms with Crippen molar-refractivity contribution in [2.75, 3.05) is 0 Å². The fraction of sp³-hybridized carbons (Fsp3) is 0. The molecular weight excluding hydrogens is 697 g/mol. The van der Waals surface area contributed by atoms with E-state index < -0.39 is 0 Å². The predicted octanol–water partition coefficient (Wildman–Crippen LogP) is 12.3. The van der Waals surface area contributed by atoms with E-state index >= 15 is 0 Å². The fourth-order valence-corrected chi connectivity index (χ4v) is 8.89. The Morgan fingerprint density at radius 3 is 1.32 bits per heavy atom. The van der Waals surface area contributed by atoms with Crippen LogP contribution in [0.25, 0.3) is 93.6 Å². The second kappa shape index (κ2) is 12.3. The van der Waals surface area contributed by atoms with Crippen LogP contribution in [0.2, 0.25) is 0 Å². The van der Waals surface area contributed by atoms with Crippen molar-refractivity contribution in [3.63, 3.8) is 0 Å². The number of aromatic nitrogens is 3. The summed E-state index contributed by atoms with van der Waals surface area (Å²) in [5, 5.41) is 37.2. The summed E-state index contributed by atoms with van der Waals surface area (Å²) in [6, 6.07) is 64.8. The number of para-hydroxylation sites is 5. The fourth-order valence-electron chi connectivity index (χ4n) is 8.89. The summed E-state index contributed by atoms with van der Waals surface area (Å²) >= 11 is 0. The van der Waals surface area contributed by atoms with Crippen LogP contribution >= 0.6 is 0 Å². The van der Waals surface area contributed by atoms with Crippen molar-refractivity contribution < 1.29 is 0 Å². The van der Waals surface area contributed by atoms with Crippen molar-refractivity contribution in [2.24, 2.45) is 0 Å². The molecule has 6 nitrogen and oxygen atoms in total. The van der Waals surface area contributed by atoms with Crippen LogP contribution in [0.5, 0.6) is 0 Å². The third kappa shape index (κ3) is 4.74. The Morgan fingerprint density at radius 2 is 0.754 bits per heavy atom. The van der Waals surface area contributed by atoms with Crippen LogP contribution in [0.1, 0.15) is 16.7 Å². The van der Waals surface area contributed by atoms with E-state index in [1.807, 2.05) is 54.6 Å². The minimum atomic E-state index is 0.497. The van der Waals surface area contributed by atoms with Crippen LogP contribution in [-0.2, 0) is 0 Å². The van der Waals surface area contributed by atoms with Gasteiger partial charge in [0.05, 0.1) is 73.7 Å². The number of hydrogen-bond donors (Lipinski definition) is 0. The normalized spacial score (nSPS) is 11.5. The van der Waals surface area contributed by atoms with Crippen LogP contribution in [0.4, 0.5) is 0 Å². The lowest BCUT2D eigenvalue weighted by Gasteiger charge is -2.16. The molecule has 0 aliphatic heterocycles. The zero-order valence-electron chi connectivity index (χ0n) is 30.3. The lowest BCUT2D eigenvalue weighted by Crippen LogP contribution is -2.01. The van der Waals surface area contributed by atoms with E-state index in [-0.39, 0.29) is 0 Å². The van der Waals surface area contributed by atoms with Crippen molar-refractivity contribution in [2.45, 2.75) is 0 Å². The topological polar surface area (TPSA) is 86.2 Å². The van der Waals surface area contributed by atoms with Crippen LogP contribution in [0.15, 0.2) is 170 Å². The first-order valence-corrected chi connectivity index (χ1v) is 18.7. The predicted molar refractivity (Wildman–Crippen MR) is 229 cm³/mol. The highest BCUT2D eigenvalue weighted by Gasteiger charge is 2.21. The number of rotatable bonds is 4. The Hall–Kier alpha value is -8.37. The molecule has 8 aromatic carbocycles. The van der Waals surface area contributed by atoms with E-state index in [1.54, 1.807) is 0 Å². The van der Waals surface area contributed by atoms with Gasteiger partial charge in [0.2, 0.25) is 0 Å². The molecule has 11 rings (SSSR count). The van der Waals surface area contributed by atoms with Crippen LogP contribution in [-0.4, -0.2) is 13.7 Å². The third-order valence-electron chi connectivity index (χ3n) is 11.2. The molecule has 0 fully saturated rings. The molecule has 11 aromatic rings. The van der Waals surface area contributed by atoms with Gasteiger partial charge in [0, 0.05) is 43.7 Å². The Morgan fingerprint density at radius 1 is 0.316 bits per heavy atom. The maximum absolute atomic E-state index is 10.5. The first kappa shape index (κ1) is 32.1. The smallest absolute Gasteiger partial charge is 0.0992 e. The van der Waals surface area contributed by atoms with Gasteiger partial charge < -0.3 is 13.7 Å². The molecule has 3 heterocycles. The number of fused-ring (bicyclic) bond motifs is 9. The van der Waals surface area contributed by atoms with E-state index in [4.69, 9.17) is 0 Å². The Bertz CT molecular complexity index is 3580. The molecule has 3 aromatic heterocycles. The van der Waals surface area contributed by atoms with Gasteiger partial charge in [-0.15, -0.1) is 0 Å². The highest BCUT2D eigenvalue weighted by Crippen LogP contribution is 2.41. The van der Waals surface area contributed by atoms with E-state index in [1.165, 1.54) is 10.8 Å². The molecule has 0 unspecified atom stereocenters. The van der Waals surface area contributed by atoms with E-state index in [9.17, 15) is 15.8 Å². The molecule has 0 N–H and O–H groups in total. The lowest BCUT2D eigenvalue weighted by atomic mass is 9.99. The van der Waals surface area contributed by atoms with Crippen LogP contribution in [0.3, 0.4) is 0 Å².